The molecule has 0 saturated carbocycles. The van der Waals surface area contributed by atoms with E-state index in [1.165, 1.54) is 0 Å². The van der Waals surface area contributed by atoms with E-state index >= 15 is 0 Å². The minimum Gasteiger partial charge on any atom is -0.423 e. The van der Waals surface area contributed by atoms with Gasteiger partial charge in [0, 0.05) is 5.38 Å². The van der Waals surface area contributed by atoms with Gasteiger partial charge in [0.15, 0.2) is 0 Å². The minimum absolute atomic E-state index is 0.0482. The molecule has 0 heterocycles. The highest BCUT2D eigenvalue weighted by atomic mass is 35.5. The first-order valence-corrected chi connectivity index (χ1v) is 4.86. The molecule has 2 unspecified atom stereocenters. The number of rotatable bonds is 3. The molecule has 10 heavy (non-hydrogen) atoms. The van der Waals surface area contributed by atoms with Crippen molar-refractivity contribution < 1.29 is 4.43 Å². The Morgan fingerprint density at radius 1 is 1.40 bits per heavy atom. The maximum absolute atomic E-state index is 5.93. The molecule has 0 radical (unpaired) electrons. The second-order valence-electron chi connectivity index (χ2n) is 3.27. The zero-order valence-electron chi connectivity index (χ0n) is 7.44. The van der Waals surface area contributed by atoms with Crippen molar-refractivity contribution in [3.8, 4) is 0 Å². The van der Waals surface area contributed by atoms with Crippen molar-refractivity contribution in [1.82, 2.24) is 0 Å². The third-order valence-corrected chi connectivity index (χ3v) is 3.74. The molecular formula is C7H17ClOSi. The van der Waals surface area contributed by atoms with Crippen molar-refractivity contribution in [3.05, 3.63) is 0 Å². The van der Waals surface area contributed by atoms with Gasteiger partial charge in [-0.1, -0.05) is 6.92 Å². The van der Waals surface area contributed by atoms with E-state index < -0.39 is 0 Å². The standard InChI is InChI=1S/C7H17ClOSi/c1-5(6(2)8)7(3,4)9-10/h5-6H,1-4,10H3. The zero-order chi connectivity index (χ0) is 8.36. The average Bonchev–Trinajstić information content (AvgIpc) is 1.86. The van der Waals surface area contributed by atoms with Crippen LogP contribution in [0.15, 0.2) is 0 Å². The Morgan fingerprint density at radius 2 is 1.80 bits per heavy atom. The first-order chi connectivity index (χ1) is 4.41. The fourth-order valence-electron chi connectivity index (χ4n) is 0.739. The van der Waals surface area contributed by atoms with Gasteiger partial charge in [-0.3, -0.25) is 0 Å². The van der Waals surface area contributed by atoms with Crippen molar-refractivity contribution in [3.63, 3.8) is 0 Å². The summed E-state index contributed by atoms with van der Waals surface area (Å²) < 4.78 is 5.42. The lowest BCUT2D eigenvalue weighted by Gasteiger charge is -2.32. The van der Waals surface area contributed by atoms with Crippen LogP contribution in [0, 0.1) is 5.92 Å². The molecule has 62 valence electrons. The summed E-state index contributed by atoms with van der Waals surface area (Å²) in [5, 5.41) is 0.184. The lowest BCUT2D eigenvalue weighted by molar-refractivity contribution is 0.0618. The summed E-state index contributed by atoms with van der Waals surface area (Å²) in [6, 6.07) is 0. The molecule has 0 aliphatic heterocycles. The first kappa shape index (κ1) is 10.5. The summed E-state index contributed by atoms with van der Waals surface area (Å²) in [4.78, 5) is 0. The second-order valence-corrected chi connectivity index (χ2v) is 4.37. The van der Waals surface area contributed by atoms with Gasteiger partial charge in [0.05, 0.1) is 5.60 Å². The Balaban J connectivity index is 4.03. The van der Waals surface area contributed by atoms with Gasteiger partial charge >= 0.3 is 0 Å². The van der Waals surface area contributed by atoms with Gasteiger partial charge in [-0.05, 0) is 26.7 Å². The molecule has 0 bridgehead atoms. The fourth-order valence-corrected chi connectivity index (χ4v) is 1.41. The summed E-state index contributed by atoms with van der Waals surface area (Å²) in [6.07, 6.45) is 0. The fraction of sp³-hybridized carbons (Fsp3) is 1.00. The highest BCUT2D eigenvalue weighted by Gasteiger charge is 2.27. The molecule has 2 atom stereocenters. The Kier molecular flexibility index (Phi) is 3.92. The van der Waals surface area contributed by atoms with E-state index in [9.17, 15) is 0 Å². The third-order valence-electron chi connectivity index (χ3n) is 2.31. The molecule has 0 aromatic heterocycles. The Morgan fingerprint density at radius 3 is 1.90 bits per heavy atom. The van der Waals surface area contributed by atoms with E-state index in [0.717, 1.165) is 10.5 Å². The minimum atomic E-state index is -0.0482. The molecule has 1 nitrogen and oxygen atoms in total. The Labute approximate surface area is 71.6 Å². The van der Waals surface area contributed by atoms with Crippen molar-refractivity contribution in [2.75, 3.05) is 0 Å². The molecule has 0 aromatic rings. The third kappa shape index (κ3) is 2.60. The molecule has 0 spiro atoms. The molecule has 0 aliphatic rings. The maximum Gasteiger partial charge on any atom is 0.146 e. The molecule has 0 N–H and O–H groups in total. The van der Waals surface area contributed by atoms with Crippen LogP contribution < -0.4 is 0 Å². The Hall–Kier alpha value is 0.467. The van der Waals surface area contributed by atoms with E-state index in [1.807, 2.05) is 6.92 Å². The van der Waals surface area contributed by atoms with Crippen molar-refractivity contribution in [2.45, 2.75) is 38.7 Å². The predicted molar refractivity (Wildman–Crippen MR) is 49.6 cm³/mol. The van der Waals surface area contributed by atoms with Gasteiger partial charge in [-0.2, -0.15) is 0 Å². The topological polar surface area (TPSA) is 9.23 Å². The molecule has 0 amide bonds. The average molecular weight is 181 g/mol. The summed E-state index contributed by atoms with van der Waals surface area (Å²) in [7, 11) is 0.782. The van der Waals surface area contributed by atoms with E-state index in [2.05, 4.69) is 20.8 Å². The van der Waals surface area contributed by atoms with E-state index in [-0.39, 0.29) is 11.0 Å². The highest BCUT2D eigenvalue weighted by Crippen LogP contribution is 2.25. The van der Waals surface area contributed by atoms with Crippen LogP contribution in [0.5, 0.6) is 0 Å². The molecule has 0 rings (SSSR count). The highest BCUT2D eigenvalue weighted by molar-refractivity contribution is 6.20. The van der Waals surface area contributed by atoms with Gasteiger partial charge < -0.3 is 4.43 Å². The monoisotopic (exact) mass is 180 g/mol. The van der Waals surface area contributed by atoms with E-state index in [4.69, 9.17) is 16.0 Å². The van der Waals surface area contributed by atoms with Crippen molar-refractivity contribution in [1.29, 1.82) is 0 Å². The van der Waals surface area contributed by atoms with Crippen LogP contribution in [0.3, 0.4) is 0 Å². The van der Waals surface area contributed by atoms with Crippen LogP contribution in [0.1, 0.15) is 27.7 Å². The molecular weight excluding hydrogens is 164 g/mol. The Bertz CT molecular complexity index is 104. The van der Waals surface area contributed by atoms with E-state index in [0.29, 0.717) is 5.92 Å². The predicted octanol–water partition coefficient (Wildman–Crippen LogP) is 1.33. The SMILES string of the molecule is CC(Cl)C(C)C(C)(C)O[SiH3]. The van der Waals surface area contributed by atoms with Crippen LogP contribution in [0.4, 0.5) is 0 Å². The molecule has 3 heteroatoms. The van der Waals surface area contributed by atoms with Gasteiger partial charge in [-0.25, -0.2) is 0 Å². The summed E-state index contributed by atoms with van der Waals surface area (Å²) in [6.45, 7) is 8.30. The number of alkyl halides is 1. The van der Waals surface area contributed by atoms with Gasteiger partial charge in [0.1, 0.15) is 10.5 Å². The van der Waals surface area contributed by atoms with Crippen molar-refractivity contribution in [2.24, 2.45) is 5.92 Å². The largest absolute Gasteiger partial charge is 0.423 e. The van der Waals surface area contributed by atoms with Gasteiger partial charge in [-0.15, -0.1) is 11.6 Å². The van der Waals surface area contributed by atoms with Crippen LogP contribution in [-0.4, -0.2) is 21.5 Å². The van der Waals surface area contributed by atoms with Crippen LogP contribution in [0.2, 0.25) is 0 Å². The lowest BCUT2D eigenvalue weighted by Crippen LogP contribution is -2.36. The summed E-state index contributed by atoms with van der Waals surface area (Å²) >= 11 is 5.93. The molecule has 0 aromatic carbocycles. The first-order valence-electron chi connectivity index (χ1n) is 3.61. The van der Waals surface area contributed by atoms with Gasteiger partial charge in [0.25, 0.3) is 0 Å². The smallest absolute Gasteiger partial charge is 0.146 e. The molecule has 0 aliphatic carbocycles. The summed E-state index contributed by atoms with van der Waals surface area (Å²) in [5.41, 5.74) is -0.0482. The van der Waals surface area contributed by atoms with E-state index in [1.54, 1.807) is 0 Å². The number of halogens is 1. The summed E-state index contributed by atoms with van der Waals surface area (Å²) in [5.74, 6) is 0.409. The van der Waals surface area contributed by atoms with Crippen LogP contribution in [0.25, 0.3) is 0 Å². The second kappa shape index (κ2) is 3.74. The number of hydrogen-bond acceptors (Lipinski definition) is 1. The number of hydrogen-bond donors (Lipinski definition) is 0. The quantitative estimate of drug-likeness (QED) is 0.471. The van der Waals surface area contributed by atoms with Crippen molar-refractivity contribution >= 4 is 22.1 Å². The van der Waals surface area contributed by atoms with Crippen LogP contribution >= 0.6 is 11.6 Å². The molecule has 0 fully saturated rings. The normalized spacial score (nSPS) is 18.9. The van der Waals surface area contributed by atoms with Gasteiger partial charge in [0.2, 0.25) is 0 Å². The molecule has 0 saturated heterocycles. The lowest BCUT2D eigenvalue weighted by atomic mass is 9.90. The van der Waals surface area contributed by atoms with Crippen LogP contribution in [-0.2, 0) is 4.43 Å². The maximum atomic E-state index is 5.93. The zero-order valence-corrected chi connectivity index (χ0v) is 10.2.